The summed E-state index contributed by atoms with van der Waals surface area (Å²) in [6.45, 7) is 17.4. The number of allylic oxidation sites excluding steroid dienone is 1. The van der Waals surface area contributed by atoms with Crippen molar-refractivity contribution < 1.29 is 17.7 Å². The number of hydrogen-bond acceptors (Lipinski definition) is 8. The predicted octanol–water partition coefficient (Wildman–Crippen LogP) is 3.90. The van der Waals surface area contributed by atoms with E-state index in [9.17, 15) is 19.2 Å². The Morgan fingerprint density at radius 1 is 0.872 bits per heavy atom. The summed E-state index contributed by atoms with van der Waals surface area (Å²) in [4.78, 5) is 53.3. The van der Waals surface area contributed by atoms with Crippen molar-refractivity contribution in [1.29, 1.82) is 0 Å². The Labute approximate surface area is 275 Å². The molecule has 2 aliphatic heterocycles. The quantitative estimate of drug-likeness (QED) is 0.254. The molecule has 0 radical (unpaired) electrons. The fourth-order valence-corrected chi connectivity index (χ4v) is 18.2. The SMILES string of the molecule is CC(C)[Si]1(C(C)C)OC[C@H]2O[C@@H](n3ccc(=O)[nH]c3=O)[C@H](/C=C/Cn3[nH]c(=O)n(-c4ccccc4)c3=O)[C@@H]2O[Si](C(C)C)(C(C)C)O1. The molecule has 2 saturated heterocycles. The third kappa shape index (κ3) is 6.44. The minimum Gasteiger partial charge on any atom is -0.414 e. The zero-order valence-electron chi connectivity index (χ0n) is 28.3. The number of H-pyrrole nitrogens is 2. The van der Waals surface area contributed by atoms with Crippen LogP contribution in [-0.2, 0) is 24.2 Å². The van der Waals surface area contributed by atoms with Gasteiger partial charge in [-0.1, -0.05) is 85.7 Å². The Morgan fingerprint density at radius 3 is 2.11 bits per heavy atom. The molecule has 2 aromatic heterocycles. The third-order valence-electron chi connectivity index (χ3n) is 9.36. The van der Waals surface area contributed by atoms with E-state index in [1.807, 2.05) is 6.08 Å². The first kappa shape index (κ1) is 35.0. The molecular weight excluding hydrogens is 639 g/mol. The molecule has 1 aromatic carbocycles. The van der Waals surface area contributed by atoms with Crippen molar-refractivity contribution in [2.45, 2.75) is 103 Å². The van der Waals surface area contributed by atoms with Gasteiger partial charge in [0.1, 0.15) is 12.3 Å². The number of benzene rings is 1. The van der Waals surface area contributed by atoms with Crippen LogP contribution in [-0.4, -0.2) is 59.8 Å². The molecule has 2 aliphatic rings. The molecule has 0 unspecified atom stereocenters. The van der Waals surface area contributed by atoms with Crippen LogP contribution in [0.15, 0.2) is 73.9 Å². The summed E-state index contributed by atoms with van der Waals surface area (Å²) in [5.74, 6) is -0.536. The summed E-state index contributed by atoms with van der Waals surface area (Å²) in [5, 5.41) is 2.62. The molecule has 15 heteroatoms. The number of nitrogens with zero attached hydrogens (tertiary/aromatic N) is 3. The highest BCUT2D eigenvalue weighted by Gasteiger charge is 2.61. The van der Waals surface area contributed by atoms with E-state index in [0.29, 0.717) is 5.69 Å². The van der Waals surface area contributed by atoms with Gasteiger partial charge in [-0.05, 0) is 34.3 Å². The van der Waals surface area contributed by atoms with E-state index in [0.717, 1.165) is 4.57 Å². The third-order valence-corrected chi connectivity index (χ3v) is 19.6. The molecule has 2 N–H and O–H groups in total. The van der Waals surface area contributed by atoms with Gasteiger partial charge in [0.25, 0.3) is 5.56 Å². The van der Waals surface area contributed by atoms with Crippen LogP contribution in [0.2, 0.25) is 22.2 Å². The topological polar surface area (TPSA) is 152 Å². The second kappa shape index (κ2) is 13.6. The molecule has 13 nitrogen and oxygen atoms in total. The van der Waals surface area contributed by atoms with E-state index < -0.39 is 64.1 Å². The van der Waals surface area contributed by atoms with Crippen LogP contribution in [0.25, 0.3) is 5.69 Å². The minimum absolute atomic E-state index is 0.0513. The van der Waals surface area contributed by atoms with E-state index in [-0.39, 0.29) is 35.3 Å². The Kier molecular flexibility index (Phi) is 10.2. The molecule has 5 rings (SSSR count). The number of para-hydroxylation sites is 1. The van der Waals surface area contributed by atoms with Gasteiger partial charge in [0.15, 0.2) is 0 Å². The molecule has 0 aliphatic carbocycles. The molecule has 47 heavy (non-hydrogen) atoms. The first-order chi connectivity index (χ1) is 22.2. The van der Waals surface area contributed by atoms with Gasteiger partial charge in [-0.2, -0.15) is 0 Å². The van der Waals surface area contributed by atoms with Gasteiger partial charge >= 0.3 is 34.2 Å². The van der Waals surface area contributed by atoms with Crippen molar-refractivity contribution in [3.63, 3.8) is 0 Å². The van der Waals surface area contributed by atoms with Gasteiger partial charge in [-0.15, -0.1) is 0 Å². The maximum atomic E-state index is 13.2. The average molecular weight is 686 g/mol. The van der Waals surface area contributed by atoms with Gasteiger partial charge < -0.3 is 17.7 Å². The van der Waals surface area contributed by atoms with Gasteiger partial charge in [-0.3, -0.25) is 14.3 Å². The van der Waals surface area contributed by atoms with Crippen LogP contribution in [0, 0.1) is 5.92 Å². The molecule has 256 valence electrons. The second-order valence-electron chi connectivity index (χ2n) is 13.6. The van der Waals surface area contributed by atoms with Gasteiger partial charge in [0.05, 0.1) is 30.9 Å². The Balaban J connectivity index is 1.58. The molecule has 4 atom stereocenters. The molecular formula is C32H47N5O8Si2. The summed E-state index contributed by atoms with van der Waals surface area (Å²) in [5.41, 5.74) is -1.32. The summed E-state index contributed by atoms with van der Waals surface area (Å²) in [7, 11) is -5.88. The normalized spacial score (nSPS) is 24.3. The summed E-state index contributed by atoms with van der Waals surface area (Å²) in [6, 6.07) is 9.96. The van der Waals surface area contributed by atoms with Crippen molar-refractivity contribution in [3.8, 4) is 5.69 Å². The molecule has 4 heterocycles. The zero-order valence-corrected chi connectivity index (χ0v) is 30.3. The number of rotatable bonds is 9. The van der Waals surface area contributed by atoms with Gasteiger partial charge in [0, 0.05) is 12.3 Å². The number of aromatic nitrogens is 5. The number of aromatic amines is 2. The lowest BCUT2D eigenvalue weighted by Crippen LogP contribution is -2.65. The Hall–Kier alpha value is -3.35. The van der Waals surface area contributed by atoms with Gasteiger partial charge in [0.2, 0.25) is 0 Å². The van der Waals surface area contributed by atoms with Crippen LogP contribution >= 0.6 is 0 Å². The number of nitrogens with one attached hydrogen (secondary N) is 2. The van der Waals surface area contributed by atoms with Crippen molar-refractivity contribution in [2.75, 3.05) is 6.61 Å². The van der Waals surface area contributed by atoms with Crippen LogP contribution in [0.5, 0.6) is 0 Å². The fourth-order valence-electron chi connectivity index (χ4n) is 6.94. The summed E-state index contributed by atoms with van der Waals surface area (Å²) in [6.07, 6.45) is 3.06. The minimum atomic E-state index is -3.04. The highest BCUT2D eigenvalue weighted by atomic mass is 28.5. The highest BCUT2D eigenvalue weighted by Crippen LogP contribution is 2.49. The first-order valence-corrected chi connectivity index (χ1v) is 20.3. The van der Waals surface area contributed by atoms with Crippen molar-refractivity contribution in [2.24, 2.45) is 5.92 Å². The number of hydrogen-bond donors (Lipinski definition) is 2. The molecule has 0 saturated carbocycles. The summed E-state index contributed by atoms with van der Waals surface area (Å²) >= 11 is 0. The Bertz CT molecular complexity index is 1790. The zero-order chi connectivity index (χ0) is 34.3. The molecule has 0 spiro atoms. The number of ether oxygens (including phenoxy) is 1. The lowest BCUT2D eigenvalue weighted by atomic mass is 9.99. The van der Waals surface area contributed by atoms with E-state index >= 15 is 0 Å². The average Bonchev–Trinajstić information content (AvgIpc) is 3.47. The van der Waals surface area contributed by atoms with Crippen LogP contribution in [0.3, 0.4) is 0 Å². The predicted molar refractivity (Wildman–Crippen MR) is 182 cm³/mol. The van der Waals surface area contributed by atoms with Crippen LogP contribution < -0.4 is 22.6 Å². The second-order valence-corrected chi connectivity index (χ2v) is 22.5. The molecule has 0 bridgehead atoms. The smallest absolute Gasteiger partial charge is 0.351 e. The Morgan fingerprint density at radius 2 is 1.51 bits per heavy atom. The first-order valence-electron chi connectivity index (χ1n) is 16.3. The maximum absolute atomic E-state index is 13.2. The van der Waals surface area contributed by atoms with Crippen LogP contribution in [0.1, 0.15) is 61.6 Å². The fraction of sp³-hybridized carbons (Fsp3) is 0.562. The molecule has 3 aromatic rings. The molecule has 2 fully saturated rings. The standard InChI is InChI=1S/C32H47N5O8Si2/c1-20(2)46(21(3)4)42-19-26-28(44-47(45-46,22(5)6)23(7)8)25(29(43-26)35-18-16-27(38)33-30(35)39)15-12-17-36-32(41)37(31(40)34-36)24-13-10-9-11-14-24/h9-16,18,20-23,25-26,28-29H,17,19H2,1-8H3,(H,34,40)(H,33,38,39)/b15-12+/t25-,26-,28+,29-/m1/s1. The van der Waals surface area contributed by atoms with E-state index in [4.69, 9.17) is 17.7 Å². The number of fused-ring (bicyclic) bond motifs is 1. The van der Waals surface area contributed by atoms with Crippen molar-refractivity contribution >= 4 is 17.1 Å². The van der Waals surface area contributed by atoms with E-state index in [1.54, 1.807) is 36.4 Å². The van der Waals surface area contributed by atoms with E-state index in [2.05, 4.69) is 65.5 Å². The lowest BCUT2D eigenvalue weighted by molar-refractivity contribution is -0.0570. The van der Waals surface area contributed by atoms with E-state index in [1.165, 1.54) is 21.5 Å². The van der Waals surface area contributed by atoms with Crippen LogP contribution in [0.4, 0.5) is 0 Å². The monoisotopic (exact) mass is 685 g/mol. The van der Waals surface area contributed by atoms with Gasteiger partial charge in [-0.25, -0.2) is 28.7 Å². The molecule has 0 amide bonds. The maximum Gasteiger partial charge on any atom is 0.351 e. The highest BCUT2D eigenvalue weighted by molar-refractivity contribution is 6.84. The summed E-state index contributed by atoms with van der Waals surface area (Å²) < 4.78 is 31.8. The largest absolute Gasteiger partial charge is 0.414 e. The van der Waals surface area contributed by atoms with Crippen molar-refractivity contribution in [1.82, 2.24) is 23.9 Å². The lowest BCUT2D eigenvalue weighted by Gasteiger charge is -2.51. The van der Waals surface area contributed by atoms with Crippen molar-refractivity contribution in [3.05, 3.63) is 96.6 Å².